The van der Waals surface area contributed by atoms with Crippen LogP contribution >= 0.6 is 15.9 Å². The minimum absolute atomic E-state index is 0.0969. The van der Waals surface area contributed by atoms with Crippen LogP contribution in [0.3, 0.4) is 0 Å². The van der Waals surface area contributed by atoms with Crippen LogP contribution in [-0.4, -0.2) is 29.2 Å². The monoisotopic (exact) mass is 416 g/mol. The van der Waals surface area contributed by atoms with Gasteiger partial charge in [-0.3, -0.25) is 19.3 Å². The maximum atomic E-state index is 12.6. The fraction of sp³-hybridized carbons (Fsp3) is 0.450. The lowest BCUT2D eigenvalue weighted by molar-refractivity contribution is -0.140. The lowest BCUT2D eigenvalue weighted by Gasteiger charge is -2.17. The van der Waals surface area contributed by atoms with E-state index in [1.54, 1.807) is 0 Å². The van der Waals surface area contributed by atoms with Gasteiger partial charge in [-0.15, -0.1) is 0 Å². The number of nitrogens with one attached hydrogen (secondary N) is 1. The first-order valence-corrected chi connectivity index (χ1v) is 9.76. The highest BCUT2D eigenvalue weighted by atomic mass is 79.9. The van der Waals surface area contributed by atoms with Crippen LogP contribution in [0.15, 0.2) is 28.8 Å². The Bertz CT molecular complexity index is 818. The highest BCUT2D eigenvalue weighted by Crippen LogP contribution is 2.52. The molecule has 0 unspecified atom stereocenters. The Hall–Kier alpha value is -1.95. The molecule has 1 N–H and O–H groups in total. The summed E-state index contributed by atoms with van der Waals surface area (Å²) in [5.41, 5.74) is 2.75. The molecule has 1 saturated carbocycles. The summed E-state index contributed by atoms with van der Waals surface area (Å²) in [6.07, 6.45) is 5.19. The largest absolute Gasteiger partial charge is 0.326 e. The van der Waals surface area contributed by atoms with E-state index in [-0.39, 0.29) is 54.4 Å². The van der Waals surface area contributed by atoms with Gasteiger partial charge in [0.05, 0.1) is 11.8 Å². The highest BCUT2D eigenvalue weighted by Gasteiger charge is 2.58. The molecular formula is C20H21BrN2O3. The van der Waals surface area contributed by atoms with Gasteiger partial charge in [0.25, 0.3) is 0 Å². The number of benzene rings is 1. The van der Waals surface area contributed by atoms with Crippen LogP contribution < -0.4 is 5.32 Å². The Labute approximate surface area is 160 Å². The van der Waals surface area contributed by atoms with Gasteiger partial charge in [-0.1, -0.05) is 28.1 Å². The van der Waals surface area contributed by atoms with Crippen molar-refractivity contribution in [1.82, 2.24) is 4.90 Å². The predicted molar refractivity (Wildman–Crippen MR) is 101 cm³/mol. The molecule has 1 aromatic rings. The number of halogens is 1. The number of nitrogens with zero attached hydrogens (tertiary/aromatic N) is 1. The molecule has 1 aliphatic heterocycles. The number of anilines is 1. The van der Waals surface area contributed by atoms with Crippen molar-refractivity contribution in [2.24, 2.45) is 23.7 Å². The Morgan fingerprint density at radius 2 is 1.73 bits per heavy atom. The maximum Gasteiger partial charge on any atom is 0.233 e. The minimum atomic E-state index is -0.197. The first kappa shape index (κ1) is 17.5. The van der Waals surface area contributed by atoms with E-state index >= 15 is 0 Å². The zero-order valence-electron chi connectivity index (χ0n) is 14.8. The summed E-state index contributed by atoms with van der Waals surface area (Å²) in [6, 6.07) is 3.87. The normalized spacial score (nSPS) is 28.8. The summed E-state index contributed by atoms with van der Waals surface area (Å²) in [5, 5.41) is 2.89. The third-order valence-electron chi connectivity index (χ3n) is 5.90. The van der Waals surface area contributed by atoms with Crippen LogP contribution in [0.5, 0.6) is 0 Å². The fourth-order valence-corrected chi connectivity index (χ4v) is 4.98. The van der Waals surface area contributed by atoms with Crippen molar-refractivity contribution in [2.45, 2.75) is 26.7 Å². The number of carbonyl (C=O) groups is 3. The highest BCUT2D eigenvalue weighted by molar-refractivity contribution is 9.10. The number of aryl methyl sites for hydroxylation is 2. The third-order valence-corrected chi connectivity index (χ3v) is 6.76. The SMILES string of the molecule is Cc1cc(NC(=O)CCN2C(=O)[C@@H]3[C@H](C2=O)[C@@H]2C=C[C@@H]3C2)c(C)cc1Br. The van der Waals surface area contributed by atoms with Crippen LogP contribution in [0.1, 0.15) is 24.0 Å². The quantitative estimate of drug-likeness (QED) is 0.605. The van der Waals surface area contributed by atoms with E-state index in [1.807, 2.05) is 26.0 Å². The van der Waals surface area contributed by atoms with Crippen molar-refractivity contribution in [3.63, 3.8) is 0 Å². The minimum Gasteiger partial charge on any atom is -0.326 e. The number of carbonyl (C=O) groups excluding carboxylic acids is 3. The second kappa shape index (κ2) is 6.34. The number of amides is 3. The number of likely N-dealkylation sites (tertiary alicyclic amines) is 1. The molecule has 4 rings (SSSR count). The topological polar surface area (TPSA) is 66.5 Å². The van der Waals surface area contributed by atoms with Crippen LogP contribution in [0, 0.1) is 37.5 Å². The van der Waals surface area contributed by atoms with Gasteiger partial charge in [-0.05, 0) is 55.4 Å². The number of imide groups is 1. The Morgan fingerprint density at radius 3 is 2.35 bits per heavy atom. The number of allylic oxidation sites excluding steroid dienone is 2. The van der Waals surface area contributed by atoms with E-state index in [0.717, 1.165) is 27.7 Å². The molecule has 1 aromatic carbocycles. The van der Waals surface area contributed by atoms with Gasteiger partial charge in [-0.25, -0.2) is 0 Å². The summed E-state index contributed by atoms with van der Waals surface area (Å²) in [6.45, 7) is 4.05. The Morgan fingerprint density at radius 1 is 1.12 bits per heavy atom. The smallest absolute Gasteiger partial charge is 0.233 e. The first-order valence-electron chi connectivity index (χ1n) is 8.97. The molecule has 6 heteroatoms. The average molecular weight is 417 g/mol. The van der Waals surface area contributed by atoms with Crippen molar-refractivity contribution >= 4 is 39.3 Å². The average Bonchev–Trinajstić information content (AvgIpc) is 3.26. The third kappa shape index (κ3) is 2.71. The molecular weight excluding hydrogens is 396 g/mol. The fourth-order valence-electron chi connectivity index (χ4n) is 4.53. The van der Waals surface area contributed by atoms with Crippen LogP contribution in [0.2, 0.25) is 0 Å². The summed E-state index contributed by atoms with van der Waals surface area (Å²) in [5.74, 6) is -0.370. The molecule has 4 atom stereocenters. The summed E-state index contributed by atoms with van der Waals surface area (Å²) in [4.78, 5) is 38.9. The van der Waals surface area contributed by atoms with E-state index in [2.05, 4.69) is 33.4 Å². The van der Waals surface area contributed by atoms with Crippen molar-refractivity contribution in [1.29, 1.82) is 0 Å². The summed E-state index contributed by atoms with van der Waals surface area (Å²) >= 11 is 3.47. The predicted octanol–water partition coefficient (Wildman–Crippen LogP) is 3.20. The molecule has 1 heterocycles. The van der Waals surface area contributed by atoms with Crippen LogP contribution in [0.4, 0.5) is 5.69 Å². The molecule has 2 bridgehead atoms. The van der Waals surface area contributed by atoms with Crippen molar-refractivity contribution in [3.05, 3.63) is 39.9 Å². The van der Waals surface area contributed by atoms with E-state index in [0.29, 0.717) is 0 Å². The van der Waals surface area contributed by atoms with E-state index < -0.39 is 0 Å². The second-order valence-electron chi connectivity index (χ2n) is 7.54. The maximum absolute atomic E-state index is 12.6. The second-order valence-corrected chi connectivity index (χ2v) is 8.40. The van der Waals surface area contributed by atoms with Crippen molar-refractivity contribution in [3.8, 4) is 0 Å². The lowest BCUT2D eigenvalue weighted by atomic mass is 9.85. The van der Waals surface area contributed by atoms with Gasteiger partial charge in [0, 0.05) is 23.1 Å². The standard InChI is InChI=1S/C20H21BrN2O3/c1-10-8-15(11(2)7-14(10)21)22-16(24)5-6-23-19(25)17-12-3-4-13(9-12)18(17)20(23)26/h3-4,7-8,12-13,17-18H,5-6,9H2,1-2H3,(H,22,24)/t12-,13-,17-,18+/m1/s1. The van der Waals surface area contributed by atoms with Gasteiger partial charge in [-0.2, -0.15) is 0 Å². The number of hydrogen-bond donors (Lipinski definition) is 1. The molecule has 2 aliphatic carbocycles. The first-order chi connectivity index (χ1) is 12.4. The van der Waals surface area contributed by atoms with E-state index in [9.17, 15) is 14.4 Å². The van der Waals surface area contributed by atoms with Gasteiger partial charge in [0.15, 0.2) is 0 Å². The van der Waals surface area contributed by atoms with Crippen LogP contribution in [0.25, 0.3) is 0 Å². The molecule has 136 valence electrons. The molecule has 26 heavy (non-hydrogen) atoms. The number of rotatable bonds is 4. The Balaban J connectivity index is 1.39. The Kier molecular flexibility index (Phi) is 4.26. The number of hydrogen-bond acceptors (Lipinski definition) is 3. The molecule has 3 aliphatic rings. The molecule has 3 amide bonds. The molecule has 1 saturated heterocycles. The van der Waals surface area contributed by atoms with Crippen molar-refractivity contribution in [2.75, 3.05) is 11.9 Å². The molecule has 0 radical (unpaired) electrons. The number of fused-ring (bicyclic) bond motifs is 5. The molecule has 5 nitrogen and oxygen atoms in total. The van der Waals surface area contributed by atoms with E-state index in [4.69, 9.17) is 0 Å². The zero-order valence-corrected chi connectivity index (χ0v) is 16.4. The molecule has 0 aromatic heterocycles. The van der Waals surface area contributed by atoms with Gasteiger partial charge < -0.3 is 5.32 Å². The molecule has 2 fully saturated rings. The van der Waals surface area contributed by atoms with Gasteiger partial charge in [0.1, 0.15) is 0 Å². The van der Waals surface area contributed by atoms with E-state index in [1.165, 1.54) is 4.90 Å². The summed E-state index contributed by atoms with van der Waals surface area (Å²) < 4.78 is 0.996. The lowest BCUT2D eigenvalue weighted by Crippen LogP contribution is -2.35. The van der Waals surface area contributed by atoms with Crippen molar-refractivity contribution < 1.29 is 14.4 Å². The zero-order chi connectivity index (χ0) is 18.6. The van der Waals surface area contributed by atoms with Gasteiger partial charge in [0.2, 0.25) is 17.7 Å². The van der Waals surface area contributed by atoms with Gasteiger partial charge >= 0.3 is 0 Å². The summed E-state index contributed by atoms with van der Waals surface area (Å²) in [7, 11) is 0. The van der Waals surface area contributed by atoms with Crippen LogP contribution in [-0.2, 0) is 14.4 Å². The molecule has 0 spiro atoms.